The SMILES string of the molecule is CCn1c(-c2cccnc2[C@H](C)OC)c2c3cc(ccc31)-c1csc(n1)C[C@H](NC(=O)[C@H](C(C)C)N(C)C(=O)N1CCCC13CCN(C)CC3)C(=O)N1CCCC(C=O)(COCC(C)(C)C2)N1. The van der Waals surface area contributed by atoms with Gasteiger partial charge in [0.05, 0.1) is 41.4 Å². The third-order valence-electron chi connectivity index (χ3n) is 14.9. The number of likely N-dealkylation sites (N-methyl/N-ethyl adjacent to an activating group) is 1. The second-order valence-electron chi connectivity index (χ2n) is 20.7. The Balaban J connectivity index is 1.17. The largest absolute Gasteiger partial charge is 0.378 e. The van der Waals surface area contributed by atoms with Crippen LogP contribution >= 0.6 is 11.3 Å². The molecule has 15 nitrogen and oxygen atoms in total. The van der Waals surface area contributed by atoms with E-state index >= 15 is 0 Å². The average Bonchev–Trinajstić information content (AvgIpc) is 4.04. The number of aryl methyl sites for hydroxylation is 1. The molecular formula is C51H71N9O6S. The van der Waals surface area contributed by atoms with Gasteiger partial charge in [-0.05, 0) is 107 Å². The number of likely N-dealkylation sites (tertiary alicyclic amines) is 2. The second kappa shape index (κ2) is 19.7. The van der Waals surface area contributed by atoms with Crippen LogP contribution < -0.4 is 10.7 Å². The van der Waals surface area contributed by atoms with Crippen LogP contribution in [0.15, 0.2) is 41.9 Å². The molecule has 2 N–H and O–H groups in total. The molecule has 4 aliphatic rings. The Labute approximate surface area is 399 Å². The molecule has 16 heteroatoms. The normalized spacial score (nSPS) is 23.3. The van der Waals surface area contributed by atoms with E-state index < -0.39 is 23.5 Å². The number of hydrazine groups is 1. The Kier molecular flexibility index (Phi) is 14.3. The summed E-state index contributed by atoms with van der Waals surface area (Å²) in [5, 5.41) is 8.39. The van der Waals surface area contributed by atoms with Crippen molar-refractivity contribution in [2.45, 2.75) is 129 Å². The number of aromatic nitrogens is 3. The Morgan fingerprint density at radius 2 is 1.84 bits per heavy atom. The molecule has 7 heterocycles. The van der Waals surface area contributed by atoms with Gasteiger partial charge in [-0.1, -0.05) is 33.8 Å². The lowest BCUT2D eigenvalue weighted by Crippen LogP contribution is -2.67. The van der Waals surface area contributed by atoms with Gasteiger partial charge in [0.1, 0.15) is 23.9 Å². The number of piperidine rings is 1. The molecule has 1 aromatic carbocycles. The first-order valence-corrected chi connectivity index (χ1v) is 25.2. The van der Waals surface area contributed by atoms with E-state index in [-0.39, 0.29) is 47.9 Å². The Hall–Kier alpha value is -4.74. The summed E-state index contributed by atoms with van der Waals surface area (Å²) in [4.78, 5) is 73.0. The lowest BCUT2D eigenvalue weighted by atomic mass is 9.84. The molecule has 0 radical (unpaired) electrons. The maximum atomic E-state index is 14.9. The van der Waals surface area contributed by atoms with Crippen LogP contribution in [0.5, 0.6) is 0 Å². The minimum absolute atomic E-state index is 0.0546. The number of ether oxygens (including phenoxy) is 2. The molecule has 6 bridgehead atoms. The number of benzene rings is 1. The van der Waals surface area contributed by atoms with Gasteiger partial charge in [0, 0.05) is 92.4 Å². The van der Waals surface area contributed by atoms with Gasteiger partial charge in [-0.25, -0.2) is 15.2 Å². The summed E-state index contributed by atoms with van der Waals surface area (Å²) in [6.45, 7) is 16.4. The van der Waals surface area contributed by atoms with E-state index in [0.717, 1.165) is 96.3 Å². The van der Waals surface area contributed by atoms with Crippen LogP contribution in [0.1, 0.15) is 102 Å². The highest BCUT2D eigenvalue weighted by Crippen LogP contribution is 2.43. The van der Waals surface area contributed by atoms with Gasteiger partial charge < -0.3 is 38.9 Å². The van der Waals surface area contributed by atoms with Gasteiger partial charge in [0.25, 0.3) is 5.91 Å². The number of nitrogens with one attached hydrogen (secondary N) is 2. The highest BCUT2D eigenvalue weighted by Gasteiger charge is 2.48. The van der Waals surface area contributed by atoms with Gasteiger partial charge >= 0.3 is 6.03 Å². The van der Waals surface area contributed by atoms with Crippen LogP contribution in [0.3, 0.4) is 0 Å². The summed E-state index contributed by atoms with van der Waals surface area (Å²) in [5.41, 5.74) is 8.44. The van der Waals surface area contributed by atoms with Crippen LogP contribution in [0.25, 0.3) is 33.4 Å². The average molecular weight is 938 g/mol. The van der Waals surface area contributed by atoms with Crippen molar-refractivity contribution in [2.24, 2.45) is 11.3 Å². The van der Waals surface area contributed by atoms with Gasteiger partial charge in [-0.2, -0.15) is 0 Å². The summed E-state index contributed by atoms with van der Waals surface area (Å²) in [6.07, 6.45) is 7.95. The minimum atomic E-state index is -1.16. The number of hydrogen-bond donors (Lipinski definition) is 2. The fraction of sp³-hybridized carbons (Fsp3) is 0.608. The molecule has 8 rings (SSSR count). The smallest absolute Gasteiger partial charge is 0.320 e. The molecule has 362 valence electrons. The van der Waals surface area contributed by atoms with Crippen LogP contribution in [-0.4, -0.2) is 142 Å². The van der Waals surface area contributed by atoms with E-state index in [1.165, 1.54) is 16.3 Å². The number of nitrogens with zero attached hydrogens (tertiary/aromatic N) is 7. The van der Waals surface area contributed by atoms with E-state index in [0.29, 0.717) is 44.0 Å². The van der Waals surface area contributed by atoms with Crippen molar-refractivity contribution in [1.29, 1.82) is 0 Å². The van der Waals surface area contributed by atoms with Crippen molar-refractivity contribution >= 4 is 46.4 Å². The van der Waals surface area contributed by atoms with E-state index in [2.05, 4.69) is 72.3 Å². The number of methoxy groups -OCH3 is 1. The van der Waals surface area contributed by atoms with Gasteiger partial charge in [-0.3, -0.25) is 19.6 Å². The van der Waals surface area contributed by atoms with E-state index in [1.807, 2.05) is 43.3 Å². The van der Waals surface area contributed by atoms with E-state index in [1.54, 1.807) is 19.1 Å². The van der Waals surface area contributed by atoms with Gasteiger partial charge in [0.2, 0.25) is 5.91 Å². The van der Waals surface area contributed by atoms with Gasteiger partial charge in [-0.15, -0.1) is 11.3 Å². The molecule has 0 saturated carbocycles. The van der Waals surface area contributed by atoms with Crippen molar-refractivity contribution in [3.05, 3.63) is 58.2 Å². The van der Waals surface area contributed by atoms with Crippen molar-refractivity contribution in [3.63, 3.8) is 0 Å². The Bertz CT molecular complexity index is 2460. The Morgan fingerprint density at radius 3 is 2.55 bits per heavy atom. The lowest BCUT2D eigenvalue weighted by Gasteiger charge is -2.46. The zero-order valence-corrected chi connectivity index (χ0v) is 41.8. The third-order valence-corrected chi connectivity index (χ3v) is 15.8. The van der Waals surface area contributed by atoms with Crippen molar-refractivity contribution in [3.8, 4) is 22.5 Å². The lowest BCUT2D eigenvalue weighted by molar-refractivity contribution is -0.147. The monoisotopic (exact) mass is 938 g/mol. The summed E-state index contributed by atoms with van der Waals surface area (Å²) in [5.74, 6) is -1.04. The summed E-state index contributed by atoms with van der Waals surface area (Å²) >= 11 is 1.44. The number of urea groups is 1. The van der Waals surface area contributed by atoms with Crippen molar-refractivity contribution in [1.82, 2.24) is 45.0 Å². The molecule has 4 amide bonds. The molecule has 3 fully saturated rings. The van der Waals surface area contributed by atoms with Crippen LogP contribution in [-0.2, 0) is 43.2 Å². The van der Waals surface area contributed by atoms with Crippen molar-refractivity contribution in [2.75, 3.05) is 60.6 Å². The molecule has 4 atom stereocenters. The molecule has 1 spiro atoms. The number of carbonyl (C=O) groups is 4. The number of carbonyl (C=O) groups excluding carboxylic acids is 4. The number of fused-ring (bicyclic) bond motifs is 6. The molecule has 4 aliphatic heterocycles. The molecule has 0 aliphatic carbocycles. The molecule has 67 heavy (non-hydrogen) atoms. The first-order valence-electron chi connectivity index (χ1n) is 24.3. The Morgan fingerprint density at radius 1 is 1.07 bits per heavy atom. The summed E-state index contributed by atoms with van der Waals surface area (Å²) in [7, 11) is 5.54. The fourth-order valence-electron chi connectivity index (χ4n) is 11.2. The topological polar surface area (TPSA) is 154 Å². The first kappa shape index (κ1) is 48.7. The maximum absolute atomic E-state index is 14.9. The molecule has 4 aromatic rings. The third kappa shape index (κ3) is 9.66. The predicted molar refractivity (Wildman–Crippen MR) is 261 cm³/mol. The highest BCUT2D eigenvalue weighted by molar-refractivity contribution is 7.10. The fourth-order valence-corrected chi connectivity index (χ4v) is 12.0. The standard InChI is InChI=1S/C51H71N9O6S/c1-10-58-41-16-15-35-26-37(41)38(45(58)36-14-11-21-52-43(36)34(4)65-9)28-49(5,6)31-66-32-50(30-61)17-12-23-60(55-50)47(63)39(27-42-53-40(35)29-67-42)54-46(62)44(33(2)3)57(8)48(64)59-22-13-18-51(59)19-24-56(7)25-20-51/h11,14-16,21,26,29-30,33-34,39,44,55H,10,12-13,17-20,22-25,27-28,31-32H2,1-9H3,(H,54,62)/t34-,39-,44-,50?/m0/s1. The molecular weight excluding hydrogens is 867 g/mol. The number of pyridine rings is 1. The highest BCUT2D eigenvalue weighted by atomic mass is 32.1. The molecule has 3 aromatic heterocycles. The number of hydrogen-bond acceptors (Lipinski definition) is 11. The first-order chi connectivity index (χ1) is 32.0. The zero-order chi connectivity index (χ0) is 47.8. The predicted octanol–water partition coefficient (Wildman–Crippen LogP) is 6.88. The number of aldehydes is 1. The van der Waals surface area contributed by atoms with Crippen LogP contribution in [0.2, 0.25) is 0 Å². The zero-order valence-electron chi connectivity index (χ0n) is 41.0. The quantitative estimate of drug-likeness (QED) is 0.170. The molecule has 1 unspecified atom stereocenters. The molecule has 3 saturated heterocycles. The number of thiazole rings is 1. The maximum Gasteiger partial charge on any atom is 0.320 e. The van der Waals surface area contributed by atoms with E-state index in [9.17, 15) is 19.2 Å². The van der Waals surface area contributed by atoms with Gasteiger partial charge in [0.15, 0.2) is 0 Å². The van der Waals surface area contributed by atoms with Crippen LogP contribution in [0, 0.1) is 11.3 Å². The summed E-state index contributed by atoms with van der Waals surface area (Å²) in [6, 6.07) is 8.55. The summed E-state index contributed by atoms with van der Waals surface area (Å²) < 4.78 is 14.7. The number of rotatable bonds is 9. The number of amides is 4. The minimum Gasteiger partial charge on any atom is -0.378 e. The van der Waals surface area contributed by atoms with Crippen molar-refractivity contribution < 1.29 is 28.7 Å². The van der Waals surface area contributed by atoms with E-state index in [4.69, 9.17) is 19.4 Å². The second-order valence-corrected chi connectivity index (χ2v) is 21.6. The van der Waals surface area contributed by atoms with Crippen LogP contribution in [0.4, 0.5) is 4.79 Å².